The summed E-state index contributed by atoms with van der Waals surface area (Å²) in [5.74, 6) is 0.662. The van der Waals surface area contributed by atoms with E-state index in [1.165, 1.54) is 0 Å². The fourth-order valence-corrected chi connectivity index (χ4v) is 1.83. The Morgan fingerprint density at radius 3 is 3.00 bits per heavy atom. The van der Waals surface area contributed by atoms with Crippen LogP contribution < -0.4 is 0 Å². The van der Waals surface area contributed by atoms with E-state index >= 15 is 0 Å². The second-order valence-corrected chi connectivity index (χ2v) is 4.01. The van der Waals surface area contributed by atoms with Gasteiger partial charge in [-0.15, -0.1) is 0 Å². The Balaban J connectivity index is 2.07. The number of hydrogen-bond acceptors (Lipinski definition) is 4. The largest absolute Gasteiger partial charge is 0.382 e. The van der Waals surface area contributed by atoms with Crippen LogP contribution in [0.4, 0.5) is 0 Å². The molecule has 1 aromatic heterocycles. The van der Waals surface area contributed by atoms with Crippen molar-refractivity contribution in [2.75, 3.05) is 26.7 Å². The normalized spacial score (nSPS) is 25.4. The molecule has 0 spiro atoms. The van der Waals surface area contributed by atoms with Gasteiger partial charge in [0.1, 0.15) is 18.0 Å². The number of aromatic nitrogens is 2. The monoisotopic (exact) mass is 211 g/mol. The summed E-state index contributed by atoms with van der Waals surface area (Å²) >= 11 is 0. The zero-order valence-corrected chi connectivity index (χ0v) is 9.13. The molecule has 1 aliphatic heterocycles. The highest BCUT2D eigenvalue weighted by Gasteiger charge is 2.28. The van der Waals surface area contributed by atoms with Gasteiger partial charge >= 0.3 is 0 Å². The molecule has 1 saturated heterocycles. The first-order valence-corrected chi connectivity index (χ1v) is 5.14. The molecule has 0 saturated carbocycles. The third-order valence-corrected chi connectivity index (χ3v) is 2.77. The second kappa shape index (κ2) is 4.30. The van der Waals surface area contributed by atoms with Gasteiger partial charge in [-0.05, 0) is 7.05 Å². The molecule has 0 aromatic carbocycles. The van der Waals surface area contributed by atoms with Crippen LogP contribution in [-0.4, -0.2) is 52.4 Å². The molecule has 2 heterocycles. The van der Waals surface area contributed by atoms with E-state index in [1.54, 1.807) is 6.20 Å². The minimum Gasteiger partial charge on any atom is -0.382 e. The van der Waals surface area contributed by atoms with E-state index in [2.05, 4.69) is 9.88 Å². The molecule has 1 N–H and O–H groups in total. The number of morpholine rings is 1. The van der Waals surface area contributed by atoms with Crippen LogP contribution in [0, 0.1) is 0 Å². The van der Waals surface area contributed by atoms with Crippen molar-refractivity contribution < 1.29 is 9.84 Å². The lowest BCUT2D eigenvalue weighted by molar-refractivity contribution is -0.0877. The van der Waals surface area contributed by atoms with Crippen molar-refractivity contribution in [3.8, 4) is 0 Å². The van der Waals surface area contributed by atoms with Gasteiger partial charge in [-0.3, -0.25) is 0 Å². The van der Waals surface area contributed by atoms with Gasteiger partial charge in [-0.25, -0.2) is 4.98 Å². The predicted octanol–water partition coefficient (Wildman–Crippen LogP) is -0.216. The average molecular weight is 211 g/mol. The first-order chi connectivity index (χ1) is 7.18. The Bertz CT molecular complexity index is 326. The molecule has 1 aromatic rings. The van der Waals surface area contributed by atoms with Crippen molar-refractivity contribution >= 4 is 0 Å². The molecule has 5 heteroatoms. The van der Waals surface area contributed by atoms with Gasteiger partial charge in [0.25, 0.3) is 0 Å². The van der Waals surface area contributed by atoms with E-state index < -0.39 is 6.10 Å². The Hall–Kier alpha value is -0.910. The molecular weight excluding hydrogens is 194 g/mol. The van der Waals surface area contributed by atoms with Crippen molar-refractivity contribution in [1.29, 1.82) is 0 Å². The number of aliphatic hydroxyl groups excluding tert-OH is 1. The Morgan fingerprint density at radius 1 is 1.60 bits per heavy atom. The molecule has 0 bridgehead atoms. The molecule has 0 aliphatic carbocycles. The Morgan fingerprint density at radius 2 is 2.40 bits per heavy atom. The predicted molar refractivity (Wildman–Crippen MR) is 55.4 cm³/mol. The van der Waals surface area contributed by atoms with Gasteiger partial charge in [-0.2, -0.15) is 0 Å². The zero-order chi connectivity index (χ0) is 10.8. The van der Waals surface area contributed by atoms with Gasteiger partial charge in [0.05, 0.1) is 6.61 Å². The number of hydrogen-bond donors (Lipinski definition) is 1. The minimum absolute atomic E-state index is 0.176. The van der Waals surface area contributed by atoms with Crippen molar-refractivity contribution in [2.24, 2.45) is 7.05 Å². The fraction of sp³-hybridized carbons (Fsp3) is 0.700. The molecule has 1 fully saturated rings. The lowest BCUT2D eigenvalue weighted by Gasteiger charge is -2.32. The molecule has 2 unspecified atom stereocenters. The molecule has 5 nitrogen and oxygen atoms in total. The van der Waals surface area contributed by atoms with Crippen LogP contribution in [0.3, 0.4) is 0 Å². The standard InChI is InChI=1S/C10H17N3O2/c1-12-5-6-15-8(7-12)9(14)10-11-3-4-13(10)2/h3-4,8-9,14H,5-7H2,1-2H3. The number of aliphatic hydroxyl groups is 1. The van der Waals surface area contributed by atoms with Gasteiger partial charge in [0.15, 0.2) is 0 Å². The SMILES string of the molecule is CN1CCOC(C(O)c2nccn2C)C1. The van der Waals surface area contributed by atoms with E-state index in [-0.39, 0.29) is 6.10 Å². The summed E-state index contributed by atoms with van der Waals surface area (Å²) in [6, 6.07) is 0. The smallest absolute Gasteiger partial charge is 0.140 e. The summed E-state index contributed by atoms with van der Waals surface area (Å²) in [5, 5.41) is 10.1. The summed E-state index contributed by atoms with van der Waals surface area (Å²) in [7, 11) is 3.90. The maximum absolute atomic E-state index is 10.1. The maximum atomic E-state index is 10.1. The highest BCUT2D eigenvalue weighted by Crippen LogP contribution is 2.19. The van der Waals surface area contributed by atoms with Crippen molar-refractivity contribution in [3.63, 3.8) is 0 Å². The summed E-state index contributed by atoms with van der Waals surface area (Å²) in [6.45, 7) is 2.33. The van der Waals surface area contributed by atoms with E-state index in [0.29, 0.717) is 12.4 Å². The van der Waals surface area contributed by atoms with E-state index in [4.69, 9.17) is 4.74 Å². The third-order valence-electron chi connectivity index (χ3n) is 2.77. The number of nitrogens with zero attached hydrogens (tertiary/aromatic N) is 3. The van der Waals surface area contributed by atoms with Crippen LogP contribution in [-0.2, 0) is 11.8 Å². The number of likely N-dealkylation sites (N-methyl/N-ethyl adjacent to an activating group) is 1. The molecule has 0 radical (unpaired) electrons. The van der Waals surface area contributed by atoms with Crippen LogP contribution in [0.2, 0.25) is 0 Å². The zero-order valence-electron chi connectivity index (χ0n) is 9.13. The van der Waals surface area contributed by atoms with Crippen LogP contribution >= 0.6 is 0 Å². The summed E-state index contributed by atoms with van der Waals surface area (Å²) < 4.78 is 7.37. The number of imidazole rings is 1. The van der Waals surface area contributed by atoms with Crippen molar-refractivity contribution in [3.05, 3.63) is 18.2 Å². The van der Waals surface area contributed by atoms with Gasteiger partial charge in [-0.1, -0.05) is 0 Å². The van der Waals surface area contributed by atoms with Crippen LogP contribution in [0.1, 0.15) is 11.9 Å². The topological polar surface area (TPSA) is 50.5 Å². The first-order valence-electron chi connectivity index (χ1n) is 5.14. The number of ether oxygens (including phenoxy) is 1. The fourth-order valence-electron chi connectivity index (χ4n) is 1.83. The van der Waals surface area contributed by atoms with Crippen LogP contribution in [0.15, 0.2) is 12.4 Å². The lowest BCUT2D eigenvalue weighted by Crippen LogP contribution is -2.43. The number of aryl methyl sites for hydroxylation is 1. The van der Waals surface area contributed by atoms with E-state index in [0.717, 1.165) is 13.1 Å². The van der Waals surface area contributed by atoms with Gasteiger partial charge in [0, 0.05) is 32.5 Å². The minimum atomic E-state index is -0.646. The molecule has 84 valence electrons. The van der Waals surface area contributed by atoms with Crippen LogP contribution in [0.5, 0.6) is 0 Å². The Kier molecular flexibility index (Phi) is 3.04. The van der Waals surface area contributed by atoms with Crippen molar-refractivity contribution in [1.82, 2.24) is 14.5 Å². The highest BCUT2D eigenvalue weighted by atomic mass is 16.5. The van der Waals surface area contributed by atoms with Crippen LogP contribution in [0.25, 0.3) is 0 Å². The molecule has 2 atom stereocenters. The van der Waals surface area contributed by atoms with Gasteiger partial charge < -0.3 is 19.3 Å². The molecular formula is C10H17N3O2. The maximum Gasteiger partial charge on any atom is 0.140 e. The Labute approximate surface area is 89.3 Å². The first kappa shape index (κ1) is 10.6. The summed E-state index contributed by atoms with van der Waals surface area (Å²) in [5.41, 5.74) is 0. The van der Waals surface area contributed by atoms with Gasteiger partial charge in [0.2, 0.25) is 0 Å². The van der Waals surface area contributed by atoms with Crippen molar-refractivity contribution in [2.45, 2.75) is 12.2 Å². The molecule has 2 rings (SSSR count). The van der Waals surface area contributed by atoms with E-state index in [1.807, 2.05) is 24.9 Å². The second-order valence-electron chi connectivity index (χ2n) is 4.01. The molecule has 1 aliphatic rings. The molecule has 15 heavy (non-hydrogen) atoms. The quantitative estimate of drug-likeness (QED) is 0.735. The summed E-state index contributed by atoms with van der Waals surface area (Å²) in [4.78, 5) is 6.28. The molecule has 0 amide bonds. The third kappa shape index (κ3) is 2.19. The summed E-state index contributed by atoms with van der Waals surface area (Å²) in [6.07, 6.45) is 2.69. The van der Waals surface area contributed by atoms with E-state index in [9.17, 15) is 5.11 Å². The highest BCUT2D eigenvalue weighted by molar-refractivity contribution is 4.99. The average Bonchev–Trinajstić information content (AvgIpc) is 2.63. The lowest BCUT2D eigenvalue weighted by atomic mass is 10.1. The number of rotatable bonds is 2.